The predicted octanol–water partition coefficient (Wildman–Crippen LogP) is 3.49. The van der Waals surface area contributed by atoms with Crippen LogP contribution in [0.3, 0.4) is 0 Å². The molecule has 0 aliphatic rings. The van der Waals surface area contributed by atoms with Crippen LogP contribution in [0.4, 0.5) is 0 Å². The summed E-state index contributed by atoms with van der Waals surface area (Å²) in [7, 11) is 0. The molecular formula is C10H23O3S-. The highest BCUT2D eigenvalue weighted by molar-refractivity contribution is 7.73. The van der Waals surface area contributed by atoms with Gasteiger partial charge in [0.05, 0.1) is 11.4 Å². The first-order valence-electron chi connectivity index (χ1n) is 5.43. The molecule has 88 valence electrons. The van der Waals surface area contributed by atoms with E-state index in [2.05, 4.69) is 13.8 Å². The van der Waals surface area contributed by atoms with Crippen molar-refractivity contribution in [3.8, 4) is 0 Å². The van der Waals surface area contributed by atoms with Crippen LogP contribution >= 0.6 is 0 Å². The Morgan fingerprint density at radius 3 is 1.36 bits per heavy atom. The van der Waals surface area contributed by atoms with Gasteiger partial charge in [-0.15, -0.1) is 0 Å². The molecule has 0 radical (unpaired) electrons. The third-order valence-corrected chi connectivity index (χ3v) is 1.96. The van der Waals surface area contributed by atoms with Crippen LogP contribution < -0.4 is 0 Å². The van der Waals surface area contributed by atoms with Crippen molar-refractivity contribution < 1.29 is 13.3 Å². The van der Waals surface area contributed by atoms with Gasteiger partial charge in [-0.25, -0.2) is 4.21 Å². The summed E-state index contributed by atoms with van der Waals surface area (Å²) >= 11 is -2.86. The Labute approximate surface area is 90.4 Å². The summed E-state index contributed by atoms with van der Waals surface area (Å²) in [4.78, 5) is 0. The van der Waals surface area contributed by atoms with E-state index in [4.69, 9.17) is 13.3 Å². The Bertz CT molecular complexity index is 106. The summed E-state index contributed by atoms with van der Waals surface area (Å²) in [5, 5.41) is 0. The maximum Gasteiger partial charge on any atom is 0.0814 e. The Balaban J connectivity index is 0. The number of hydrogen-bond acceptors (Lipinski definition) is 2. The molecule has 0 heterocycles. The van der Waals surface area contributed by atoms with Crippen LogP contribution in [-0.4, -0.2) is 13.3 Å². The molecule has 0 aliphatic carbocycles. The second-order valence-corrected chi connectivity index (χ2v) is 3.77. The molecule has 1 unspecified atom stereocenters. The molecule has 14 heavy (non-hydrogen) atoms. The molecule has 1 N–H and O–H groups in total. The summed E-state index contributed by atoms with van der Waals surface area (Å²) in [5.74, 6) is 0. The maximum absolute atomic E-state index is 8.56. The van der Waals surface area contributed by atoms with Gasteiger partial charge in [0.15, 0.2) is 0 Å². The van der Waals surface area contributed by atoms with Gasteiger partial charge in [0.1, 0.15) is 0 Å². The molecule has 0 amide bonds. The minimum absolute atomic E-state index is 1.37. The highest BCUT2D eigenvalue weighted by Gasteiger charge is 1.87. The highest BCUT2D eigenvalue weighted by atomic mass is 32.2. The summed E-state index contributed by atoms with van der Waals surface area (Å²) in [6.07, 6.45) is 11.5. The minimum Gasteiger partial charge on any atom is -0.750 e. The summed E-state index contributed by atoms with van der Waals surface area (Å²) in [5.41, 5.74) is 0. The van der Waals surface area contributed by atoms with E-state index < -0.39 is 11.4 Å². The average molecular weight is 223 g/mol. The van der Waals surface area contributed by atoms with E-state index in [-0.39, 0.29) is 0 Å². The van der Waals surface area contributed by atoms with E-state index in [0.717, 1.165) is 0 Å². The maximum atomic E-state index is 8.56. The third-order valence-electron chi connectivity index (χ3n) is 1.96. The molecule has 1 atom stereocenters. The van der Waals surface area contributed by atoms with Crippen LogP contribution in [0.15, 0.2) is 0 Å². The van der Waals surface area contributed by atoms with Crippen molar-refractivity contribution in [3.63, 3.8) is 0 Å². The molecule has 0 aromatic heterocycles. The van der Waals surface area contributed by atoms with Crippen molar-refractivity contribution in [1.82, 2.24) is 0 Å². The van der Waals surface area contributed by atoms with Gasteiger partial charge >= 0.3 is 0 Å². The van der Waals surface area contributed by atoms with Crippen LogP contribution in [0.2, 0.25) is 0 Å². The Morgan fingerprint density at radius 1 is 0.929 bits per heavy atom. The first-order chi connectivity index (χ1) is 6.65. The summed E-state index contributed by atoms with van der Waals surface area (Å²) in [6, 6.07) is 0. The van der Waals surface area contributed by atoms with E-state index in [1.54, 1.807) is 0 Å². The lowest BCUT2D eigenvalue weighted by Crippen LogP contribution is -1.77. The molecule has 0 spiro atoms. The third kappa shape index (κ3) is 29.6. The van der Waals surface area contributed by atoms with Crippen molar-refractivity contribution >= 4 is 11.4 Å². The normalized spacial score (nSPS) is 11.7. The van der Waals surface area contributed by atoms with Gasteiger partial charge < -0.3 is 9.11 Å². The summed E-state index contributed by atoms with van der Waals surface area (Å²) in [6.45, 7) is 4.54. The van der Waals surface area contributed by atoms with Crippen LogP contribution in [0.5, 0.6) is 0 Å². The Morgan fingerprint density at radius 2 is 1.14 bits per heavy atom. The highest BCUT2D eigenvalue weighted by Crippen LogP contribution is 2.07. The van der Waals surface area contributed by atoms with E-state index in [1.165, 1.54) is 51.4 Å². The molecule has 0 saturated heterocycles. The molecule has 3 nitrogen and oxygen atoms in total. The standard InChI is InChI=1S/C10H22.H2O3S/c1-3-5-7-9-10-8-6-4-2;1-4(2)3/h3-10H2,1-2H3;(H2,1,2,3)/p-1. The second kappa shape index (κ2) is 15.5. The largest absolute Gasteiger partial charge is 0.750 e. The molecule has 0 bridgehead atoms. The lowest BCUT2D eigenvalue weighted by molar-refractivity contribution is 0.436. The van der Waals surface area contributed by atoms with Gasteiger partial charge in [-0.05, 0) is 0 Å². The number of hydrogen-bond donors (Lipinski definition) is 1. The lowest BCUT2D eigenvalue weighted by atomic mass is 10.1. The number of unbranched alkanes of at least 4 members (excludes halogenated alkanes) is 7. The molecule has 0 aromatic rings. The Hall–Kier alpha value is 0.0700. The second-order valence-electron chi connectivity index (χ2n) is 3.34. The van der Waals surface area contributed by atoms with E-state index in [0.29, 0.717) is 0 Å². The van der Waals surface area contributed by atoms with Gasteiger partial charge in [0.25, 0.3) is 0 Å². The fraction of sp³-hybridized carbons (Fsp3) is 1.00. The average Bonchev–Trinajstić information content (AvgIpc) is 2.10. The van der Waals surface area contributed by atoms with Gasteiger partial charge in [0, 0.05) is 0 Å². The van der Waals surface area contributed by atoms with E-state index in [9.17, 15) is 0 Å². The molecule has 4 heteroatoms. The van der Waals surface area contributed by atoms with Crippen molar-refractivity contribution in [2.24, 2.45) is 0 Å². The first-order valence-corrected chi connectivity index (χ1v) is 6.46. The first kappa shape index (κ1) is 16.5. The predicted molar refractivity (Wildman–Crippen MR) is 59.8 cm³/mol. The molecule has 0 aromatic carbocycles. The smallest absolute Gasteiger partial charge is 0.0814 e. The van der Waals surface area contributed by atoms with Crippen LogP contribution in [-0.2, 0) is 11.4 Å². The fourth-order valence-electron chi connectivity index (χ4n) is 1.21. The summed E-state index contributed by atoms with van der Waals surface area (Å²) < 4.78 is 24.1. The molecule has 0 saturated carbocycles. The topological polar surface area (TPSA) is 60.4 Å². The molecular weight excluding hydrogens is 200 g/mol. The van der Waals surface area contributed by atoms with Crippen molar-refractivity contribution in [2.75, 3.05) is 0 Å². The van der Waals surface area contributed by atoms with Crippen molar-refractivity contribution in [2.45, 2.75) is 65.2 Å². The molecule has 0 rings (SSSR count). The Kier molecular flexibility index (Phi) is 18.3. The zero-order chi connectivity index (χ0) is 11.2. The zero-order valence-corrected chi connectivity index (χ0v) is 10.1. The van der Waals surface area contributed by atoms with Gasteiger partial charge in [0.2, 0.25) is 0 Å². The van der Waals surface area contributed by atoms with Gasteiger partial charge in [-0.3, -0.25) is 0 Å². The van der Waals surface area contributed by atoms with Gasteiger partial charge in [-0.1, -0.05) is 65.2 Å². The SMILES string of the molecule is CCCCCCCCCC.O=S([O-])O. The number of rotatable bonds is 7. The fourth-order valence-corrected chi connectivity index (χ4v) is 1.21. The molecule has 0 aliphatic heterocycles. The van der Waals surface area contributed by atoms with Gasteiger partial charge in [-0.2, -0.15) is 0 Å². The van der Waals surface area contributed by atoms with Crippen LogP contribution in [0, 0.1) is 0 Å². The monoisotopic (exact) mass is 223 g/mol. The van der Waals surface area contributed by atoms with Crippen LogP contribution in [0.1, 0.15) is 65.2 Å². The lowest BCUT2D eigenvalue weighted by Gasteiger charge is -1.97. The minimum atomic E-state index is -2.86. The molecule has 0 fully saturated rings. The van der Waals surface area contributed by atoms with Crippen molar-refractivity contribution in [3.05, 3.63) is 0 Å². The van der Waals surface area contributed by atoms with E-state index in [1.807, 2.05) is 0 Å². The van der Waals surface area contributed by atoms with Crippen molar-refractivity contribution in [1.29, 1.82) is 0 Å². The quantitative estimate of drug-likeness (QED) is 0.531. The van der Waals surface area contributed by atoms with Crippen LogP contribution in [0.25, 0.3) is 0 Å². The zero-order valence-electron chi connectivity index (χ0n) is 9.33. The van der Waals surface area contributed by atoms with E-state index >= 15 is 0 Å².